The first-order chi connectivity index (χ1) is 7.25. The molecule has 0 spiro atoms. The van der Waals surface area contributed by atoms with Gasteiger partial charge in [-0.1, -0.05) is 19.8 Å². The number of rotatable bonds is 2. The van der Waals surface area contributed by atoms with E-state index in [1.807, 2.05) is 0 Å². The molecule has 1 aliphatic heterocycles. The first-order valence-electron chi connectivity index (χ1n) is 6.70. The van der Waals surface area contributed by atoms with Crippen molar-refractivity contribution in [2.45, 2.75) is 45.6 Å². The van der Waals surface area contributed by atoms with E-state index in [0.717, 1.165) is 17.9 Å². The van der Waals surface area contributed by atoms with Gasteiger partial charge in [0, 0.05) is 32.2 Å². The van der Waals surface area contributed by atoms with Crippen LogP contribution in [0.1, 0.15) is 39.5 Å². The summed E-state index contributed by atoms with van der Waals surface area (Å²) in [5.41, 5.74) is 0. The van der Waals surface area contributed by atoms with Gasteiger partial charge in [-0.2, -0.15) is 0 Å². The molecule has 1 atom stereocenters. The number of hydrogen-bond donors (Lipinski definition) is 1. The standard InChI is InChI=1S/C13H26N2.ClH/c1-11-3-5-13(6-4-11)10-15-8-7-14-9-12(15)2;/h11-14H,3-10H2,1-2H3;1H/t11?,12-,13?;/m1./s1. The van der Waals surface area contributed by atoms with Crippen molar-refractivity contribution in [2.24, 2.45) is 11.8 Å². The Kier molecular flexibility index (Phi) is 6.09. The molecule has 1 saturated heterocycles. The molecular formula is C13H27ClN2. The fourth-order valence-corrected chi connectivity index (χ4v) is 3.00. The van der Waals surface area contributed by atoms with Crippen molar-refractivity contribution >= 4 is 12.4 Å². The van der Waals surface area contributed by atoms with Crippen LogP contribution in [0.15, 0.2) is 0 Å². The molecule has 3 heteroatoms. The van der Waals surface area contributed by atoms with Crippen molar-refractivity contribution in [3.05, 3.63) is 0 Å². The molecule has 96 valence electrons. The van der Waals surface area contributed by atoms with E-state index in [4.69, 9.17) is 0 Å². The van der Waals surface area contributed by atoms with E-state index in [1.54, 1.807) is 0 Å². The molecule has 0 bridgehead atoms. The van der Waals surface area contributed by atoms with E-state index in [9.17, 15) is 0 Å². The fourth-order valence-electron chi connectivity index (χ4n) is 3.00. The Balaban J connectivity index is 0.00000128. The highest BCUT2D eigenvalue weighted by Gasteiger charge is 2.24. The lowest BCUT2D eigenvalue weighted by atomic mass is 9.82. The fraction of sp³-hybridized carbons (Fsp3) is 1.00. The average Bonchev–Trinajstić information content (AvgIpc) is 2.25. The van der Waals surface area contributed by atoms with Gasteiger partial charge in [0.15, 0.2) is 0 Å². The van der Waals surface area contributed by atoms with Crippen LogP contribution < -0.4 is 5.32 Å². The van der Waals surface area contributed by atoms with E-state index in [-0.39, 0.29) is 12.4 Å². The van der Waals surface area contributed by atoms with Crippen LogP contribution in [-0.4, -0.2) is 37.1 Å². The van der Waals surface area contributed by atoms with E-state index < -0.39 is 0 Å². The second-order valence-corrected chi connectivity index (χ2v) is 5.67. The summed E-state index contributed by atoms with van der Waals surface area (Å²) in [7, 11) is 0. The van der Waals surface area contributed by atoms with Gasteiger partial charge in [-0.05, 0) is 31.6 Å². The average molecular weight is 247 g/mol. The first kappa shape index (κ1) is 14.3. The quantitative estimate of drug-likeness (QED) is 0.806. The highest BCUT2D eigenvalue weighted by Crippen LogP contribution is 2.29. The molecular weight excluding hydrogens is 220 g/mol. The number of hydrogen-bond acceptors (Lipinski definition) is 2. The molecule has 16 heavy (non-hydrogen) atoms. The molecule has 1 heterocycles. The zero-order chi connectivity index (χ0) is 10.7. The van der Waals surface area contributed by atoms with Gasteiger partial charge in [-0.15, -0.1) is 12.4 Å². The van der Waals surface area contributed by atoms with Gasteiger partial charge in [-0.3, -0.25) is 4.90 Å². The second kappa shape index (κ2) is 6.83. The molecule has 0 aromatic heterocycles. The maximum absolute atomic E-state index is 3.47. The van der Waals surface area contributed by atoms with Crippen molar-refractivity contribution in [3.8, 4) is 0 Å². The maximum atomic E-state index is 3.47. The minimum absolute atomic E-state index is 0. The minimum atomic E-state index is 0. The Morgan fingerprint density at radius 2 is 1.81 bits per heavy atom. The van der Waals surface area contributed by atoms with Crippen molar-refractivity contribution in [2.75, 3.05) is 26.2 Å². The van der Waals surface area contributed by atoms with Gasteiger partial charge in [0.05, 0.1) is 0 Å². The van der Waals surface area contributed by atoms with Crippen LogP contribution >= 0.6 is 12.4 Å². The van der Waals surface area contributed by atoms with Gasteiger partial charge >= 0.3 is 0 Å². The summed E-state index contributed by atoms with van der Waals surface area (Å²) in [5.74, 6) is 1.98. The lowest BCUT2D eigenvalue weighted by molar-refractivity contribution is 0.126. The van der Waals surface area contributed by atoms with Crippen LogP contribution in [0, 0.1) is 11.8 Å². The van der Waals surface area contributed by atoms with E-state index in [1.165, 1.54) is 51.9 Å². The number of nitrogens with one attached hydrogen (secondary N) is 1. The van der Waals surface area contributed by atoms with Crippen molar-refractivity contribution < 1.29 is 0 Å². The summed E-state index contributed by atoms with van der Waals surface area (Å²) < 4.78 is 0. The Labute approximate surface area is 107 Å². The van der Waals surface area contributed by atoms with Crippen molar-refractivity contribution in [1.82, 2.24) is 10.2 Å². The zero-order valence-electron chi connectivity index (χ0n) is 10.7. The zero-order valence-corrected chi connectivity index (χ0v) is 11.6. The summed E-state index contributed by atoms with van der Waals surface area (Å²) in [6.07, 6.45) is 5.87. The molecule has 2 rings (SSSR count). The highest BCUT2D eigenvalue weighted by molar-refractivity contribution is 5.85. The van der Waals surface area contributed by atoms with Crippen molar-refractivity contribution in [1.29, 1.82) is 0 Å². The third kappa shape index (κ3) is 3.90. The van der Waals surface area contributed by atoms with E-state index in [0.29, 0.717) is 0 Å². The number of halogens is 1. The van der Waals surface area contributed by atoms with Crippen LogP contribution in [0.4, 0.5) is 0 Å². The molecule has 0 unspecified atom stereocenters. The van der Waals surface area contributed by atoms with Gasteiger partial charge in [0.1, 0.15) is 0 Å². The van der Waals surface area contributed by atoms with Crippen LogP contribution in [0.2, 0.25) is 0 Å². The molecule has 0 radical (unpaired) electrons. The van der Waals surface area contributed by atoms with Gasteiger partial charge in [-0.25, -0.2) is 0 Å². The molecule has 2 fully saturated rings. The third-order valence-electron chi connectivity index (χ3n) is 4.27. The van der Waals surface area contributed by atoms with E-state index >= 15 is 0 Å². The van der Waals surface area contributed by atoms with E-state index in [2.05, 4.69) is 24.1 Å². The second-order valence-electron chi connectivity index (χ2n) is 5.67. The molecule has 1 N–H and O–H groups in total. The predicted octanol–water partition coefficient (Wildman–Crippen LogP) is 2.53. The highest BCUT2D eigenvalue weighted by atomic mass is 35.5. The molecule has 1 aliphatic carbocycles. The van der Waals surface area contributed by atoms with Crippen molar-refractivity contribution in [3.63, 3.8) is 0 Å². The topological polar surface area (TPSA) is 15.3 Å². The Hall–Kier alpha value is 0.210. The lowest BCUT2D eigenvalue weighted by Crippen LogP contribution is -2.51. The third-order valence-corrected chi connectivity index (χ3v) is 4.27. The molecule has 1 saturated carbocycles. The molecule has 2 nitrogen and oxygen atoms in total. The summed E-state index contributed by atoms with van der Waals surface area (Å²) in [4.78, 5) is 2.69. The van der Waals surface area contributed by atoms with Crippen LogP contribution in [0.5, 0.6) is 0 Å². The summed E-state index contributed by atoms with van der Waals surface area (Å²) in [6.45, 7) is 9.75. The smallest absolute Gasteiger partial charge is 0.0193 e. The SMILES string of the molecule is CC1CCC(CN2CCNC[C@H]2C)CC1.Cl. The van der Waals surface area contributed by atoms with Crippen LogP contribution in [0.25, 0.3) is 0 Å². The maximum Gasteiger partial charge on any atom is 0.0193 e. The molecule has 0 aromatic carbocycles. The Bertz CT molecular complexity index is 190. The van der Waals surface area contributed by atoms with Crippen LogP contribution in [0.3, 0.4) is 0 Å². The number of nitrogens with zero attached hydrogens (tertiary/aromatic N) is 1. The summed E-state index contributed by atoms with van der Waals surface area (Å²) in [6, 6.07) is 0.748. The van der Waals surface area contributed by atoms with Gasteiger partial charge in [0.25, 0.3) is 0 Å². The Morgan fingerprint density at radius 1 is 1.12 bits per heavy atom. The van der Waals surface area contributed by atoms with Gasteiger partial charge < -0.3 is 5.32 Å². The van der Waals surface area contributed by atoms with Gasteiger partial charge in [0.2, 0.25) is 0 Å². The summed E-state index contributed by atoms with van der Waals surface area (Å²) in [5, 5.41) is 3.47. The largest absolute Gasteiger partial charge is 0.314 e. The summed E-state index contributed by atoms with van der Waals surface area (Å²) >= 11 is 0. The number of piperazine rings is 1. The monoisotopic (exact) mass is 246 g/mol. The predicted molar refractivity (Wildman–Crippen MR) is 72.3 cm³/mol. The minimum Gasteiger partial charge on any atom is -0.314 e. The normalized spacial score (nSPS) is 36.8. The van der Waals surface area contributed by atoms with Crippen LogP contribution in [-0.2, 0) is 0 Å². The lowest BCUT2D eigenvalue weighted by Gasteiger charge is -2.38. The Morgan fingerprint density at radius 3 is 2.44 bits per heavy atom. The molecule has 2 aliphatic rings. The molecule has 0 amide bonds. The first-order valence-corrected chi connectivity index (χ1v) is 6.70. The molecule has 0 aromatic rings.